The van der Waals surface area contributed by atoms with Gasteiger partial charge in [-0.1, -0.05) is 0 Å². The lowest BCUT2D eigenvalue weighted by Gasteiger charge is -2.13. The number of hydrogen-bond acceptors (Lipinski definition) is 5. The van der Waals surface area contributed by atoms with Gasteiger partial charge in [-0.05, 0) is 54.5 Å². The summed E-state index contributed by atoms with van der Waals surface area (Å²) < 4.78 is 10.5. The fraction of sp³-hybridized carbons (Fsp3) is 0.190. The monoisotopic (exact) mass is 381 g/mol. The molecule has 0 aliphatic carbocycles. The maximum Gasteiger partial charge on any atom is 0.335 e. The Labute approximate surface area is 161 Å². The SMILES string of the molecule is COc1ccc(C(C)=O)cc1NC(=O)c1cc(C(=O)O)cc(C2=COCC2)c1. The van der Waals surface area contributed by atoms with Gasteiger partial charge < -0.3 is 19.9 Å². The molecule has 0 saturated heterocycles. The first-order valence-electron chi connectivity index (χ1n) is 8.59. The molecule has 28 heavy (non-hydrogen) atoms. The highest BCUT2D eigenvalue weighted by atomic mass is 16.5. The molecule has 0 spiro atoms. The highest BCUT2D eigenvalue weighted by Gasteiger charge is 2.18. The van der Waals surface area contributed by atoms with Crippen molar-refractivity contribution in [3.05, 3.63) is 64.9 Å². The molecule has 2 aromatic rings. The molecule has 1 amide bonds. The van der Waals surface area contributed by atoms with Crippen LogP contribution in [0.1, 0.15) is 50.0 Å². The molecule has 0 aromatic heterocycles. The maximum absolute atomic E-state index is 12.8. The van der Waals surface area contributed by atoms with Gasteiger partial charge in [0.2, 0.25) is 0 Å². The van der Waals surface area contributed by atoms with E-state index in [1.165, 1.54) is 32.2 Å². The van der Waals surface area contributed by atoms with Gasteiger partial charge in [0.1, 0.15) is 5.75 Å². The van der Waals surface area contributed by atoms with Gasteiger partial charge >= 0.3 is 5.97 Å². The summed E-state index contributed by atoms with van der Waals surface area (Å²) in [7, 11) is 1.45. The van der Waals surface area contributed by atoms with E-state index in [1.54, 1.807) is 24.5 Å². The number of hydrogen-bond donors (Lipinski definition) is 2. The first-order valence-corrected chi connectivity index (χ1v) is 8.59. The van der Waals surface area contributed by atoms with Crippen LogP contribution in [0.3, 0.4) is 0 Å². The zero-order chi connectivity index (χ0) is 20.3. The Hall–Kier alpha value is -3.61. The summed E-state index contributed by atoms with van der Waals surface area (Å²) in [5, 5.41) is 12.1. The molecule has 0 fully saturated rings. The topological polar surface area (TPSA) is 102 Å². The number of rotatable bonds is 6. The number of carbonyl (C=O) groups excluding carboxylic acids is 2. The number of Topliss-reactive ketones (excluding diaryl/α,β-unsaturated/α-hetero) is 1. The molecule has 2 aromatic carbocycles. The first kappa shape index (κ1) is 19.2. The minimum absolute atomic E-state index is 0.0000910. The van der Waals surface area contributed by atoms with Gasteiger partial charge in [-0.3, -0.25) is 9.59 Å². The average Bonchev–Trinajstić information content (AvgIpc) is 3.22. The van der Waals surface area contributed by atoms with Crippen LogP contribution < -0.4 is 10.1 Å². The van der Waals surface area contributed by atoms with Crippen molar-refractivity contribution in [3.63, 3.8) is 0 Å². The van der Waals surface area contributed by atoms with Crippen molar-refractivity contribution in [1.82, 2.24) is 0 Å². The normalized spacial score (nSPS) is 12.7. The van der Waals surface area contributed by atoms with Crippen molar-refractivity contribution in [2.45, 2.75) is 13.3 Å². The van der Waals surface area contributed by atoms with E-state index in [4.69, 9.17) is 9.47 Å². The van der Waals surface area contributed by atoms with Crippen molar-refractivity contribution in [3.8, 4) is 5.75 Å². The molecule has 1 aliphatic rings. The predicted octanol–water partition coefficient (Wildman–Crippen LogP) is 3.61. The zero-order valence-corrected chi connectivity index (χ0v) is 15.4. The number of benzene rings is 2. The van der Waals surface area contributed by atoms with E-state index < -0.39 is 11.9 Å². The number of carbonyl (C=O) groups is 3. The van der Waals surface area contributed by atoms with Crippen LogP contribution in [-0.4, -0.2) is 36.5 Å². The summed E-state index contributed by atoms with van der Waals surface area (Å²) in [4.78, 5) is 35.9. The molecule has 0 unspecified atom stereocenters. The van der Waals surface area contributed by atoms with E-state index in [2.05, 4.69) is 5.32 Å². The quantitative estimate of drug-likeness (QED) is 0.741. The molecule has 2 N–H and O–H groups in total. The van der Waals surface area contributed by atoms with Crippen LogP contribution in [0.2, 0.25) is 0 Å². The molecule has 7 heteroatoms. The Balaban J connectivity index is 1.97. The summed E-state index contributed by atoms with van der Waals surface area (Å²) >= 11 is 0. The van der Waals surface area contributed by atoms with Crippen LogP contribution in [0.5, 0.6) is 5.75 Å². The molecular weight excluding hydrogens is 362 g/mol. The van der Waals surface area contributed by atoms with E-state index >= 15 is 0 Å². The van der Waals surface area contributed by atoms with Crippen LogP contribution in [0, 0.1) is 0 Å². The minimum atomic E-state index is -1.13. The second-order valence-corrected chi connectivity index (χ2v) is 6.29. The number of methoxy groups -OCH3 is 1. The predicted molar refractivity (Wildman–Crippen MR) is 103 cm³/mol. The average molecular weight is 381 g/mol. The van der Waals surface area contributed by atoms with Gasteiger partial charge in [0.05, 0.1) is 31.2 Å². The van der Waals surface area contributed by atoms with E-state index in [1.807, 2.05) is 0 Å². The van der Waals surface area contributed by atoms with Crippen LogP contribution in [-0.2, 0) is 4.74 Å². The van der Waals surface area contributed by atoms with Crippen LogP contribution >= 0.6 is 0 Å². The fourth-order valence-electron chi connectivity index (χ4n) is 2.89. The molecule has 3 rings (SSSR count). The van der Waals surface area contributed by atoms with E-state index in [-0.39, 0.29) is 16.9 Å². The smallest absolute Gasteiger partial charge is 0.335 e. The molecule has 0 radical (unpaired) electrons. The molecule has 7 nitrogen and oxygen atoms in total. The third-order valence-corrected chi connectivity index (χ3v) is 4.38. The van der Waals surface area contributed by atoms with Gasteiger partial charge in [0.15, 0.2) is 5.78 Å². The van der Waals surface area contributed by atoms with E-state index in [0.717, 1.165) is 5.57 Å². The molecule has 0 atom stereocenters. The Morgan fingerprint density at radius 2 is 1.82 bits per heavy atom. The van der Waals surface area contributed by atoms with Crippen molar-refractivity contribution in [2.24, 2.45) is 0 Å². The van der Waals surface area contributed by atoms with Crippen LogP contribution in [0.15, 0.2) is 42.7 Å². The number of amides is 1. The van der Waals surface area contributed by atoms with Crippen LogP contribution in [0.25, 0.3) is 5.57 Å². The van der Waals surface area contributed by atoms with Crippen molar-refractivity contribution in [1.29, 1.82) is 0 Å². The number of anilines is 1. The van der Waals surface area contributed by atoms with Crippen molar-refractivity contribution >= 4 is 28.9 Å². The van der Waals surface area contributed by atoms with Gasteiger partial charge in [-0.25, -0.2) is 4.79 Å². The number of carboxylic acid groups (broad SMARTS) is 1. The van der Waals surface area contributed by atoms with E-state index in [9.17, 15) is 19.5 Å². The summed E-state index contributed by atoms with van der Waals surface area (Å²) in [5.74, 6) is -1.41. The Morgan fingerprint density at radius 3 is 2.43 bits per heavy atom. The molecule has 0 bridgehead atoms. The number of aromatic carboxylic acids is 1. The Morgan fingerprint density at radius 1 is 1.07 bits per heavy atom. The standard InChI is InChI=1S/C21H19NO6/c1-12(23)13-3-4-19(27-2)18(10-13)22-20(24)16-7-15(14-5-6-28-11-14)8-17(9-16)21(25)26/h3-4,7-11H,5-6H2,1-2H3,(H,22,24)(H,25,26). The lowest BCUT2D eigenvalue weighted by Crippen LogP contribution is -2.14. The molecule has 1 aliphatic heterocycles. The van der Waals surface area contributed by atoms with Gasteiger partial charge in [0.25, 0.3) is 5.91 Å². The van der Waals surface area contributed by atoms with Crippen molar-refractivity contribution < 1.29 is 29.0 Å². The largest absolute Gasteiger partial charge is 0.501 e. The van der Waals surface area contributed by atoms with Gasteiger partial charge in [-0.15, -0.1) is 0 Å². The third kappa shape index (κ3) is 4.03. The maximum atomic E-state index is 12.8. The highest BCUT2D eigenvalue weighted by molar-refractivity contribution is 6.07. The summed E-state index contributed by atoms with van der Waals surface area (Å²) in [6.07, 6.45) is 2.21. The third-order valence-electron chi connectivity index (χ3n) is 4.38. The molecule has 144 valence electrons. The lowest BCUT2D eigenvalue weighted by atomic mass is 9.99. The van der Waals surface area contributed by atoms with Gasteiger partial charge in [-0.2, -0.15) is 0 Å². The number of nitrogens with one attached hydrogen (secondary N) is 1. The Kier molecular flexibility index (Phi) is 5.44. The second kappa shape index (κ2) is 7.96. The fourth-order valence-corrected chi connectivity index (χ4v) is 2.89. The lowest BCUT2D eigenvalue weighted by molar-refractivity contribution is 0.0696. The van der Waals surface area contributed by atoms with Crippen molar-refractivity contribution in [2.75, 3.05) is 19.0 Å². The van der Waals surface area contributed by atoms with Gasteiger partial charge in [0, 0.05) is 17.5 Å². The number of ketones is 1. The highest BCUT2D eigenvalue weighted by Crippen LogP contribution is 2.28. The van der Waals surface area contributed by atoms with Crippen LogP contribution in [0.4, 0.5) is 5.69 Å². The summed E-state index contributed by atoms with van der Waals surface area (Å²) in [6.45, 7) is 1.94. The Bertz CT molecular complexity index is 992. The number of carboxylic acids is 1. The zero-order valence-electron chi connectivity index (χ0n) is 15.4. The first-order chi connectivity index (χ1) is 13.4. The minimum Gasteiger partial charge on any atom is -0.501 e. The molecular formula is C21H19NO6. The second-order valence-electron chi connectivity index (χ2n) is 6.29. The molecule has 1 heterocycles. The summed E-state index contributed by atoms with van der Waals surface area (Å²) in [6, 6.07) is 9.14. The summed E-state index contributed by atoms with van der Waals surface area (Å²) in [5.41, 5.74) is 2.37. The van der Waals surface area contributed by atoms with E-state index in [0.29, 0.717) is 35.6 Å². The molecule has 0 saturated carbocycles. The number of ether oxygens (including phenoxy) is 2.